The van der Waals surface area contributed by atoms with E-state index >= 15 is 0 Å². The average Bonchev–Trinajstić information content (AvgIpc) is 3.08. The van der Waals surface area contributed by atoms with Gasteiger partial charge in [0.2, 0.25) is 0 Å². The molecule has 2 aromatic rings. The Morgan fingerprint density at radius 1 is 1.04 bits per heavy atom. The molecule has 1 aliphatic rings. The maximum absolute atomic E-state index is 12.5. The van der Waals surface area contributed by atoms with Crippen LogP contribution in [-0.4, -0.2) is 25.5 Å². The van der Waals surface area contributed by atoms with Crippen molar-refractivity contribution in [3.05, 3.63) is 54.1 Å². The Bertz CT molecular complexity index is 860. The monoisotopic (exact) mass is 360 g/mol. The van der Waals surface area contributed by atoms with Crippen LogP contribution in [0.2, 0.25) is 0 Å². The highest BCUT2D eigenvalue weighted by Gasteiger charge is 2.21. The maximum Gasteiger partial charge on any atom is 0.337 e. The summed E-state index contributed by atoms with van der Waals surface area (Å²) in [6, 6.07) is 12.9. The van der Waals surface area contributed by atoms with Crippen LogP contribution in [0.5, 0.6) is 0 Å². The highest BCUT2D eigenvalue weighted by Crippen LogP contribution is 2.27. The quantitative estimate of drug-likeness (QED) is 0.732. The summed E-state index contributed by atoms with van der Waals surface area (Å²) in [4.78, 5) is 11.5. The molecule has 1 aliphatic carbocycles. The average molecular weight is 360 g/mol. The van der Waals surface area contributed by atoms with Gasteiger partial charge in [-0.25, -0.2) is 13.2 Å². The molecule has 0 unspecified atom stereocenters. The number of rotatable bonds is 6. The molecule has 0 heterocycles. The Hall–Kier alpha value is -2.54. The molecule has 132 valence electrons. The van der Waals surface area contributed by atoms with Crippen LogP contribution in [0.1, 0.15) is 36.0 Å². The number of hydrogen-bond donors (Lipinski definition) is 3. The van der Waals surface area contributed by atoms with Crippen LogP contribution in [0, 0.1) is 0 Å². The van der Waals surface area contributed by atoms with E-state index in [2.05, 4.69) is 10.0 Å². The standard InChI is InChI=1S/C18H20N2O4S/c21-18(22)16-12-15(10-11-17(16)19-13-6-4-5-7-13)25(23,24)20-14-8-2-1-3-9-14/h1-3,8-13,19-20H,4-7H2,(H,21,22). The molecule has 0 aromatic heterocycles. The summed E-state index contributed by atoms with van der Waals surface area (Å²) < 4.78 is 27.5. The van der Waals surface area contributed by atoms with Gasteiger partial charge in [0.05, 0.1) is 10.5 Å². The number of benzene rings is 2. The van der Waals surface area contributed by atoms with Crippen molar-refractivity contribution in [2.75, 3.05) is 10.0 Å². The zero-order valence-corrected chi connectivity index (χ0v) is 14.4. The molecule has 2 aromatic carbocycles. The Morgan fingerprint density at radius 3 is 2.36 bits per heavy atom. The zero-order chi connectivity index (χ0) is 17.9. The second kappa shape index (κ2) is 7.14. The topological polar surface area (TPSA) is 95.5 Å². The van der Waals surface area contributed by atoms with Gasteiger partial charge >= 0.3 is 5.97 Å². The van der Waals surface area contributed by atoms with E-state index in [1.807, 2.05) is 0 Å². The molecule has 25 heavy (non-hydrogen) atoms. The first kappa shape index (κ1) is 17.3. The molecular formula is C18H20N2O4S. The summed E-state index contributed by atoms with van der Waals surface area (Å²) in [6.45, 7) is 0. The Labute approximate surface area is 146 Å². The van der Waals surface area contributed by atoms with Gasteiger partial charge in [-0.1, -0.05) is 31.0 Å². The van der Waals surface area contributed by atoms with Gasteiger partial charge in [-0.15, -0.1) is 0 Å². The number of carbonyl (C=O) groups is 1. The first-order chi connectivity index (χ1) is 12.0. The molecule has 7 heteroatoms. The van der Waals surface area contributed by atoms with Gasteiger partial charge in [0.1, 0.15) is 0 Å². The van der Waals surface area contributed by atoms with E-state index in [-0.39, 0.29) is 16.5 Å². The molecule has 1 saturated carbocycles. The van der Waals surface area contributed by atoms with Crippen molar-refractivity contribution in [3.63, 3.8) is 0 Å². The first-order valence-electron chi connectivity index (χ1n) is 8.17. The van der Waals surface area contributed by atoms with Crippen LogP contribution in [0.4, 0.5) is 11.4 Å². The number of anilines is 2. The number of aromatic carboxylic acids is 1. The minimum Gasteiger partial charge on any atom is -0.478 e. The van der Waals surface area contributed by atoms with E-state index < -0.39 is 16.0 Å². The summed E-state index contributed by atoms with van der Waals surface area (Å²) in [5.74, 6) is -1.16. The molecule has 3 N–H and O–H groups in total. The SMILES string of the molecule is O=C(O)c1cc(S(=O)(=O)Nc2ccccc2)ccc1NC1CCCC1. The fraction of sp³-hybridized carbons (Fsp3) is 0.278. The summed E-state index contributed by atoms with van der Waals surface area (Å²) >= 11 is 0. The smallest absolute Gasteiger partial charge is 0.337 e. The number of carboxylic acids is 1. The van der Waals surface area contributed by atoms with Crippen molar-refractivity contribution in [1.29, 1.82) is 0 Å². The molecule has 0 saturated heterocycles. The van der Waals surface area contributed by atoms with Crippen LogP contribution in [0.15, 0.2) is 53.4 Å². The van der Waals surface area contributed by atoms with E-state index in [0.717, 1.165) is 25.7 Å². The van der Waals surface area contributed by atoms with Crippen molar-refractivity contribution >= 4 is 27.4 Å². The highest BCUT2D eigenvalue weighted by atomic mass is 32.2. The van der Waals surface area contributed by atoms with Gasteiger partial charge in [-0.05, 0) is 43.2 Å². The Morgan fingerprint density at radius 2 is 1.72 bits per heavy atom. The number of carboxylic acid groups (broad SMARTS) is 1. The predicted molar refractivity (Wildman–Crippen MR) is 96.5 cm³/mol. The lowest BCUT2D eigenvalue weighted by Gasteiger charge is -2.16. The van der Waals surface area contributed by atoms with Gasteiger partial charge < -0.3 is 10.4 Å². The minimum atomic E-state index is -3.85. The normalized spacial score (nSPS) is 15.0. The Kier molecular flexibility index (Phi) is 4.94. The number of sulfonamides is 1. The molecule has 0 aliphatic heterocycles. The summed E-state index contributed by atoms with van der Waals surface area (Å²) in [7, 11) is -3.85. The molecule has 3 rings (SSSR count). The largest absolute Gasteiger partial charge is 0.478 e. The van der Waals surface area contributed by atoms with Gasteiger partial charge in [0.15, 0.2) is 0 Å². The molecule has 0 radical (unpaired) electrons. The summed E-state index contributed by atoms with van der Waals surface area (Å²) in [5.41, 5.74) is 0.841. The second-order valence-corrected chi connectivity index (χ2v) is 7.79. The Balaban J connectivity index is 1.89. The molecule has 1 fully saturated rings. The van der Waals surface area contributed by atoms with Gasteiger partial charge in [-0.3, -0.25) is 4.72 Å². The third-order valence-electron chi connectivity index (χ3n) is 4.27. The van der Waals surface area contributed by atoms with Crippen molar-refractivity contribution in [3.8, 4) is 0 Å². The lowest BCUT2D eigenvalue weighted by atomic mass is 10.1. The summed E-state index contributed by atoms with van der Waals surface area (Å²) in [6.07, 6.45) is 4.23. The van der Waals surface area contributed by atoms with Gasteiger partial charge in [0, 0.05) is 17.4 Å². The van der Waals surface area contributed by atoms with Gasteiger partial charge in [-0.2, -0.15) is 0 Å². The number of nitrogens with one attached hydrogen (secondary N) is 2. The van der Waals surface area contributed by atoms with E-state index in [4.69, 9.17) is 0 Å². The molecular weight excluding hydrogens is 340 g/mol. The van der Waals surface area contributed by atoms with Crippen molar-refractivity contribution in [2.24, 2.45) is 0 Å². The third kappa shape index (κ3) is 4.11. The molecule has 0 spiro atoms. The van der Waals surface area contributed by atoms with Crippen LogP contribution in [-0.2, 0) is 10.0 Å². The van der Waals surface area contributed by atoms with Crippen molar-refractivity contribution in [2.45, 2.75) is 36.6 Å². The van der Waals surface area contributed by atoms with Crippen molar-refractivity contribution in [1.82, 2.24) is 0 Å². The molecule has 0 atom stereocenters. The number of hydrogen-bond acceptors (Lipinski definition) is 4. The minimum absolute atomic E-state index is 0.0390. The second-order valence-electron chi connectivity index (χ2n) is 6.11. The third-order valence-corrected chi connectivity index (χ3v) is 5.65. The van der Waals surface area contributed by atoms with Crippen LogP contribution >= 0.6 is 0 Å². The molecule has 0 bridgehead atoms. The fourth-order valence-electron chi connectivity index (χ4n) is 3.00. The maximum atomic E-state index is 12.5. The van der Waals surface area contributed by atoms with Crippen LogP contribution in [0.3, 0.4) is 0 Å². The van der Waals surface area contributed by atoms with Gasteiger partial charge in [0.25, 0.3) is 10.0 Å². The highest BCUT2D eigenvalue weighted by molar-refractivity contribution is 7.92. The molecule has 0 amide bonds. The van der Waals surface area contributed by atoms with E-state index in [9.17, 15) is 18.3 Å². The molecule has 6 nitrogen and oxygen atoms in total. The van der Waals surface area contributed by atoms with Crippen LogP contribution < -0.4 is 10.0 Å². The van der Waals surface area contributed by atoms with E-state index in [1.54, 1.807) is 30.3 Å². The van der Waals surface area contributed by atoms with E-state index in [0.29, 0.717) is 11.4 Å². The lowest BCUT2D eigenvalue weighted by molar-refractivity contribution is 0.0697. The van der Waals surface area contributed by atoms with Crippen LogP contribution in [0.25, 0.3) is 0 Å². The number of para-hydroxylation sites is 1. The summed E-state index contributed by atoms with van der Waals surface area (Å²) in [5, 5.41) is 12.7. The van der Waals surface area contributed by atoms with Crippen molar-refractivity contribution < 1.29 is 18.3 Å². The lowest BCUT2D eigenvalue weighted by Crippen LogP contribution is -2.18. The van der Waals surface area contributed by atoms with E-state index in [1.165, 1.54) is 18.2 Å². The first-order valence-corrected chi connectivity index (χ1v) is 9.66. The predicted octanol–water partition coefficient (Wildman–Crippen LogP) is 3.54. The fourth-order valence-corrected chi connectivity index (χ4v) is 4.09. The zero-order valence-electron chi connectivity index (χ0n) is 13.6.